The lowest BCUT2D eigenvalue weighted by Gasteiger charge is -2.28. The van der Waals surface area contributed by atoms with Crippen molar-refractivity contribution in [2.24, 2.45) is 0 Å². The summed E-state index contributed by atoms with van der Waals surface area (Å²) in [5.41, 5.74) is 0. The summed E-state index contributed by atoms with van der Waals surface area (Å²) >= 11 is 0. The van der Waals surface area contributed by atoms with Crippen molar-refractivity contribution in [3.05, 3.63) is 0 Å². The summed E-state index contributed by atoms with van der Waals surface area (Å²) in [4.78, 5) is 14.1. The Hall–Kier alpha value is -0.320. The molecule has 1 rings (SSSR count). The molecule has 5 heteroatoms. The first-order chi connectivity index (χ1) is 8.79. The van der Waals surface area contributed by atoms with Gasteiger partial charge in [0.15, 0.2) is 0 Å². The highest BCUT2D eigenvalue weighted by Gasteiger charge is 2.25. The van der Waals surface area contributed by atoms with E-state index in [9.17, 15) is 4.79 Å². The largest absolute Gasteiger partial charge is 0.372 e. The van der Waals surface area contributed by atoms with E-state index in [2.05, 4.69) is 19.2 Å². The van der Waals surface area contributed by atoms with Crippen molar-refractivity contribution in [1.29, 1.82) is 0 Å². The van der Waals surface area contributed by atoms with Crippen LogP contribution in [0.5, 0.6) is 0 Å². The fourth-order valence-corrected chi connectivity index (χ4v) is 2.35. The van der Waals surface area contributed by atoms with Crippen LogP contribution in [0.3, 0.4) is 0 Å². The van der Waals surface area contributed by atoms with Crippen molar-refractivity contribution in [3.63, 3.8) is 0 Å². The third-order valence-electron chi connectivity index (χ3n) is 3.38. The summed E-state index contributed by atoms with van der Waals surface area (Å²) < 4.78 is 5.47. The van der Waals surface area contributed by atoms with Crippen molar-refractivity contribution in [3.8, 4) is 0 Å². The number of unbranched alkanes of at least 4 members (excludes halogenated alkanes) is 2. The molecule has 1 amide bonds. The van der Waals surface area contributed by atoms with E-state index in [1.54, 1.807) is 0 Å². The van der Waals surface area contributed by atoms with Crippen LogP contribution in [0.25, 0.3) is 0 Å². The first kappa shape index (κ1) is 18.7. The number of rotatable bonds is 9. The topological polar surface area (TPSA) is 41.6 Å². The minimum atomic E-state index is 0. The molecule has 1 saturated heterocycles. The Morgan fingerprint density at radius 3 is 2.68 bits per heavy atom. The average Bonchev–Trinajstić information content (AvgIpc) is 2.89. The number of nitrogens with zero attached hydrogens (tertiary/aromatic N) is 1. The van der Waals surface area contributed by atoms with Crippen LogP contribution in [0.15, 0.2) is 0 Å². The van der Waals surface area contributed by atoms with E-state index in [0.717, 1.165) is 38.9 Å². The molecule has 1 atom stereocenters. The van der Waals surface area contributed by atoms with Crippen LogP contribution in [0.1, 0.15) is 46.0 Å². The molecule has 1 N–H and O–H groups in total. The zero-order chi connectivity index (χ0) is 13.2. The molecular weight excluding hydrogens is 264 g/mol. The fourth-order valence-electron chi connectivity index (χ4n) is 2.35. The lowest BCUT2D eigenvalue weighted by molar-refractivity contribution is -0.138. The number of amides is 1. The Balaban J connectivity index is 0.00000324. The summed E-state index contributed by atoms with van der Waals surface area (Å²) in [7, 11) is 0. The average molecular weight is 293 g/mol. The van der Waals surface area contributed by atoms with Crippen LogP contribution in [0.4, 0.5) is 0 Å². The first-order valence-corrected chi connectivity index (χ1v) is 7.37. The van der Waals surface area contributed by atoms with E-state index >= 15 is 0 Å². The van der Waals surface area contributed by atoms with E-state index in [1.807, 2.05) is 4.90 Å². The van der Waals surface area contributed by atoms with E-state index in [4.69, 9.17) is 4.74 Å². The van der Waals surface area contributed by atoms with E-state index < -0.39 is 0 Å². The molecule has 1 aliphatic rings. The zero-order valence-electron chi connectivity index (χ0n) is 12.3. The molecule has 1 fully saturated rings. The van der Waals surface area contributed by atoms with Gasteiger partial charge in [-0.25, -0.2) is 0 Å². The second-order valence-corrected chi connectivity index (χ2v) is 4.99. The lowest BCUT2D eigenvalue weighted by atomic mass is 10.2. The molecule has 1 unspecified atom stereocenters. The van der Waals surface area contributed by atoms with Gasteiger partial charge in [0.25, 0.3) is 0 Å². The summed E-state index contributed by atoms with van der Waals surface area (Å²) in [6, 6.07) is 0.372. The van der Waals surface area contributed by atoms with Gasteiger partial charge in [0.2, 0.25) is 5.91 Å². The van der Waals surface area contributed by atoms with Crippen molar-refractivity contribution < 1.29 is 9.53 Å². The second-order valence-electron chi connectivity index (χ2n) is 4.99. The van der Waals surface area contributed by atoms with Crippen LogP contribution in [0, 0.1) is 0 Å². The van der Waals surface area contributed by atoms with Gasteiger partial charge in [0, 0.05) is 25.7 Å². The fraction of sp³-hybridized carbons (Fsp3) is 0.929. The SMILES string of the molecule is CCCCCOCC(=O)N(CCC)C1CCNC1.Cl. The van der Waals surface area contributed by atoms with Gasteiger partial charge >= 0.3 is 0 Å². The quantitative estimate of drug-likeness (QED) is 0.663. The molecule has 1 heterocycles. The minimum Gasteiger partial charge on any atom is -0.372 e. The Kier molecular flexibility index (Phi) is 11.3. The van der Waals surface area contributed by atoms with Gasteiger partial charge in [0.05, 0.1) is 0 Å². The summed E-state index contributed by atoms with van der Waals surface area (Å²) in [6.07, 6.45) is 5.51. The second kappa shape index (κ2) is 11.5. The Labute approximate surface area is 123 Å². The highest BCUT2D eigenvalue weighted by molar-refractivity contribution is 5.85. The highest BCUT2D eigenvalue weighted by atomic mass is 35.5. The standard InChI is InChI=1S/C14H28N2O2.ClH/c1-3-5-6-10-18-12-14(17)16(9-4-2)13-7-8-15-11-13;/h13,15H,3-12H2,1-2H3;1H. The maximum atomic E-state index is 12.1. The van der Waals surface area contributed by atoms with Gasteiger partial charge < -0.3 is 15.0 Å². The molecule has 1 aliphatic heterocycles. The molecule has 19 heavy (non-hydrogen) atoms. The van der Waals surface area contributed by atoms with Gasteiger partial charge in [-0.2, -0.15) is 0 Å². The zero-order valence-corrected chi connectivity index (χ0v) is 13.1. The molecule has 0 aliphatic carbocycles. The van der Waals surface area contributed by atoms with Gasteiger partial charge in [-0.1, -0.05) is 26.7 Å². The van der Waals surface area contributed by atoms with Crippen molar-refractivity contribution >= 4 is 18.3 Å². The molecule has 0 aromatic rings. The number of carbonyl (C=O) groups excluding carboxylic acids is 1. The van der Waals surface area contributed by atoms with E-state index in [-0.39, 0.29) is 24.9 Å². The normalized spacial score (nSPS) is 18.1. The number of hydrogen-bond acceptors (Lipinski definition) is 3. The molecule has 0 aromatic carbocycles. The van der Waals surface area contributed by atoms with Crippen LogP contribution in [0.2, 0.25) is 0 Å². The van der Waals surface area contributed by atoms with E-state index in [1.165, 1.54) is 12.8 Å². The number of nitrogens with one attached hydrogen (secondary N) is 1. The number of ether oxygens (including phenoxy) is 1. The van der Waals surface area contributed by atoms with Gasteiger partial charge in [-0.3, -0.25) is 4.79 Å². The molecule has 114 valence electrons. The molecule has 4 nitrogen and oxygen atoms in total. The molecule has 0 spiro atoms. The maximum Gasteiger partial charge on any atom is 0.248 e. The number of halogens is 1. The first-order valence-electron chi connectivity index (χ1n) is 7.37. The molecule has 0 radical (unpaired) electrons. The smallest absolute Gasteiger partial charge is 0.248 e. The predicted molar refractivity (Wildman–Crippen MR) is 80.9 cm³/mol. The van der Waals surface area contributed by atoms with Gasteiger partial charge in [0.1, 0.15) is 6.61 Å². The molecule has 0 aromatic heterocycles. The number of carbonyl (C=O) groups is 1. The monoisotopic (exact) mass is 292 g/mol. The van der Waals surface area contributed by atoms with Crippen LogP contribution in [-0.4, -0.2) is 49.7 Å². The van der Waals surface area contributed by atoms with Crippen molar-refractivity contribution in [2.45, 2.75) is 52.0 Å². The van der Waals surface area contributed by atoms with Crippen molar-refractivity contribution in [2.75, 3.05) is 32.8 Å². The highest BCUT2D eigenvalue weighted by Crippen LogP contribution is 2.10. The maximum absolute atomic E-state index is 12.1. The number of hydrogen-bond donors (Lipinski definition) is 1. The Morgan fingerprint density at radius 2 is 2.11 bits per heavy atom. The van der Waals surface area contributed by atoms with Gasteiger partial charge in [-0.05, 0) is 25.8 Å². The molecule has 0 bridgehead atoms. The Morgan fingerprint density at radius 1 is 1.32 bits per heavy atom. The lowest BCUT2D eigenvalue weighted by Crippen LogP contribution is -2.43. The van der Waals surface area contributed by atoms with E-state index in [0.29, 0.717) is 12.6 Å². The molecular formula is C14H29ClN2O2. The summed E-state index contributed by atoms with van der Waals surface area (Å²) in [5, 5.41) is 3.32. The van der Waals surface area contributed by atoms with Crippen LogP contribution >= 0.6 is 12.4 Å². The third kappa shape index (κ3) is 7.14. The minimum absolute atomic E-state index is 0. The third-order valence-corrected chi connectivity index (χ3v) is 3.38. The van der Waals surface area contributed by atoms with Crippen LogP contribution in [-0.2, 0) is 9.53 Å². The van der Waals surface area contributed by atoms with Crippen molar-refractivity contribution in [1.82, 2.24) is 10.2 Å². The van der Waals surface area contributed by atoms with Gasteiger partial charge in [-0.15, -0.1) is 12.4 Å². The summed E-state index contributed by atoms with van der Waals surface area (Å²) in [5.74, 6) is 0.155. The molecule has 0 saturated carbocycles. The van der Waals surface area contributed by atoms with Crippen LogP contribution < -0.4 is 5.32 Å². The Bertz CT molecular complexity index is 233. The summed E-state index contributed by atoms with van der Waals surface area (Å²) in [6.45, 7) is 8.05. The predicted octanol–water partition coefficient (Wildman–Crippen LogP) is 2.22.